The molecule has 0 amide bonds. The van der Waals surface area contributed by atoms with Crippen LogP contribution in [0.4, 0.5) is 0 Å². The smallest absolute Gasteiger partial charge is 0.0568 e. The van der Waals surface area contributed by atoms with Gasteiger partial charge in [-0.1, -0.05) is 22.0 Å². The van der Waals surface area contributed by atoms with Crippen LogP contribution in [0, 0.1) is 6.92 Å². The maximum atomic E-state index is 4.56. The molecule has 1 saturated heterocycles. The summed E-state index contributed by atoms with van der Waals surface area (Å²) in [7, 11) is 0. The van der Waals surface area contributed by atoms with E-state index in [4.69, 9.17) is 0 Å². The summed E-state index contributed by atoms with van der Waals surface area (Å²) in [4.78, 5) is 0. The minimum Gasteiger partial charge on any atom is -0.317 e. The number of aromatic nitrogens is 2. The molecule has 4 heteroatoms. The van der Waals surface area contributed by atoms with Crippen LogP contribution in [0.3, 0.4) is 0 Å². The highest BCUT2D eigenvalue weighted by Gasteiger charge is 2.16. The number of halogens is 1. The third-order valence-electron chi connectivity index (χ3n) is 3.78. The van der Waals surface area contributed by atoms with Crippen molar-refractivity contribution in [1.29, 1.82) is 0 Å². The number of nitrogens with one attached hydrogen (secondary N) is 1. The summed E-state index contributed by atoms with van der Waals surface area (Å²) < 4.78 is 3.26. The number of aryl methyl sites for hydroxylation is 1. The van der Waals surface area contributed by atoms with E-state index in [0.29, 0.717) is 6.04 Å². The van der Waals surface area contributed by atoms with Crippen LogP contribution in [0.1, 0.15) is 24.4 Å². The van der Waals surface area contributed by atoms with E-state index in [0.717, 1.165) is 17.6 Å². The lowest BCUT2D eigenvalue weighted by Crippen LogP contribution is -2.29. The van der Waals surface area contributed by atoms with Gasteiger partial charge in [0.25, 0.3) is 0 Å². The summed E-state index contributed by atoms with van der Waals surface area (Å²) in [5.41, 5.74) is 3.76. The molecule has 0 unspecified atom stereocenters. The molecule has 1 aliphatic heterocycles. The summed E-state index contributed by atoms with van der Waals surface area (Å²) in [6.45, 7) is 4.33. The molecule has 2 aromatic rings. The number of rotatable bonds is 2. The lowest BCUT2D eigenvalue weighted by molar-refractivity contribution is 0.343. The van der Waals surface area contributed by atoms with Gasteiger partial charge in [-0.15, -0.1) is 0 Å². The molecule has 2 heterocycles. The summed E-state index contributed by atoms with van der Waals surface area (Å²) in [6, 6.07) is 6.94. The van der Waals surface area contributed by atoms with Gasteiger partial charge in [0.1, 0.15) is 0 Å². The highest BCUT2D eigenvalue weighted by atomic mass is 79.9. The Labute approximate surface area is 122 Å². The number of nitrogens with zero attached hydrogens (tertiary/aromatic N) is 2. The average molecular weight is 320 g/mol. The van der Waals surface area contributed by atoms with Crippen LogP contribution in [-0.2, 0) is 0 Å². The Morgan fingerprint density at radius 2 is 2.11 bits per heavy atom. The topological polar surface area (TPSA) is 29.9 Å². The molecular formula is C15H18BrN3. The van der Waals surface area contributed by atoms with E-state index < -0.39 is 0 Å². The van der Waals surface area contributed by atoms with E-state index in [9.17, 15) is 0 Å². The quantitative estimate of drug-likeness (QED) is 0.917. The Bertz CT molecular complexity index is 571. The van der Waals surface area contributed by atoms with Crippen molar-refractivity contribution in [3.8, 4) is 11.1 Å². The van der Waals surface area contributed by atoms with Crippen molar-refractivity contribution < 1.29 is 0 Å². The predicted molar refractivity (Wildman–Crippen MR) is 81.2 cm³/mol. The molecule has 1 aromatic heterocycles. The first kappa shape index (κ1) is 12.9. The predicted octanol–water partition coefficient (Wildman–Crippen LogP) is 3.55. The number of hydrogen-bond acceptors (Lipinski definition) is 2. The number of hydrogen-bond donors (Lipinski definition) is 1. The highest BCUT2D eigenvalue weighted by Crippen LogP contribution is 2.27. The molecule has 19 heavy (non-hydrogen) atoms. The van der Waals surface area contributed by atoms with Crippen LogP contribution in [0.15, 0.2) is 35.1 Å². The molecule has 0 saturated carbocycles. The molecule has 3 rings (SSSR count). The molecule has 0 radical (unpaired) electrons. The fraction of sp³-hybridized carbons (Fsp3) is 0.400. The second-order valence-electron chi connectivity index (χ2n) is 5.15. The number of benzene rings is 1. The van der Waals surface area contributed by atoms with Gasteiger partial charge in [0.15, 0.2) is 0 Å². The van der Waals surface area contributed by atoms with Crippen LogP contribution < -0.4 is 5.32 Å². The minimum atomic E-state index is 0.547. The van der Waals surface area contributed by atoms with E-state index in [1.54, 1.807) is 0 Å². The molecule has 0 spiro atoms. The zero-order valence-corrected chi connectivity index (χ0v) is 12.7. The molecule has 0 bridgehead atoms. The zero-order valence-electron chi connectivity index (χ0n) is 11.1. The van der Waals surface area contributed by atoms with Crippen molar-refractivity contribution in [3.05, 3.63) is 40.6 Å². The average Bonchev–Trinajstić information content (AvgIpc) is 2.89. The van der Waals surface area contributed by atoms with Crippen LogP contribution >= 0.6 is 15.9 Å². The summed E-state index contributed by atoms with van der Waals surface area (Å²) in [5.74, 6) is 0. The van der Waals surface area contributed by atoms with Gasteiger partial charge in [0, 0.05) is 16.2 Å². The van der Waals surface area contributed by atoms with E-state index in [1.807, 2.05) is 6.20 Å². The Balaban J connectivity index is 1.87. The van der Waals surface area contributed by atoms with Crippen molar-refractivity contribution in [2.75, 3.05) is 13.1 Å². The zero-order chi connectivity index (χ0) is 13.2. The van der Waals surface area contributed by atoms with E-state index in [-0.39, 0.29) is 0 Å². The Morgan fingerprint density at radius 1 is 1.32 bits per heavy atom. The maximum Gasteiger partial charge on any atom is 0.0568 e. The second kappa shape index (κ2) is 5.47. The van der Waals surface area contributed by atoms with E-state index >= 15 is 0 Å². The first-order chi connectivity index (χ1) is 9.24. The first-order valence-corrected chi connectivity index (χ1v) is 7.55. The molecular weight excluding hydrogens is 302 g/mol. The van der Waals surface area contributed by atoms with E-state index in [2.05, 4.69) is 62.3 Å². The highest BCUT2D eigenvalue weighted by molar-refractivity contribution is 9.10. The third kappa shape index (κ3) is 2.74. The Kier molecular flexibility index (Phi) is 3.71. The van der Waals surface area contributed by atoms with Crippen LogP contribution in [0.25, 0.3) is 11.1 Å². The van der Waals surface area contributed by atoms with Crippen molar-refractivity contribution in [3.63, 3.8) is 0 Å². The van der Waals surface area contributed by atoms with Gasteiger partial charge in [-0.05, 0) is 56.1 Å². The van der Waals surface area contributed by atoms with E-state index in [1.165, 1.54) is 29.5 Å². The fourth-order valence-electron chi connectivity index (χ4n) is 2.70. The molecule has 0 aliphatic carbocycles. The van der Waals surface area contributed by atoms with Crippen molar-refractivity contribution in [1.82, 2.24) is 15.1 Å². The van der Waals surface area contributed by atoms with Crippen molar-refractivity contribution >= 4 is 15.9 Å². The minimum absolute atomic E-state index is 0.547. The summed E-state index contributed by atoms with van der Waals surface area (Å²) >= 11 is 3.51. The number of piperidine rings is 1. The molecule has 1 N–H and O–H groups in total. The Hall–Kier alpha value is -1.13. The SMILES string of the molecule is Cc1cc(Br)ccc1-c1cnn(C2CCNCC2)c1. The molecule has 0 atom stereocenters. The molecule has 1 aliphatic rings. The fourth-order valence-corrected chi connectivity index (χ4v) is 3.17. The van der Waals surface area contributed by atoms with Gasteiger partial charge in [-0.2, -0.15) is 5.10 Å². The molecule has 3 nitrogen and oxygen atoms in total. The maximum absolute atomic E-state index is 4.56. The van der Waals surface area contributed by atoms with Gasteiger partial charge in [-0.25, -0.2) is 0 Å². The summed E-state index contributed by atoms with van der Waals surface area (Å²) in [6.07, 6.45) is 6.51. The van der Waals surface area contributed by atoms with Crippen molar-refractivity contribution in [2.45, 2.75) is 25.8 Å². The monoisotopic (exact) mass is 319 g/mol. The summed E-state index contributed by atoms with van der Waals surface area (Å²) in [5, 5.41) is 7.95. The third-order valence-corrected chi connectivity index (χ3v) is 4.28. The standard InChI is InChI=1S/C15H18BrN3/c1-11-8-13(16)2-3-15(11)12-9-18-19(10-12)14-4-6-17-7-5-14/h2-3,8-10,14,17H,4-7H2,1H3. The van der Waals surface area contributed by atoms with Gasteiger partial charge in [-0.3, -0.25) is 4.68 Å². The normalized spacial score (nSPS) is 16.7. The molecule has 1 aromatic carbocycles. The Morgan fingerprint density at radius 3 is 2.84 bits per heavy atom. The molecule has 100 valence electrons. The lowest BCUT2D eigenvalue weighted by Gasteiger charge is -2.22. The first-order valence-electron chi connectivity index (χ1n) is 6.75. The van der Waals surface area contributed by atoms with Crippen LogP contribution in [0.2, 0.25) is 0 Å². The second-order valence-corrected chi connectivity index (χ2v) is 6.07. The van der Waals surface area contributed by atoms with Crippen LogP contribution in [0.5, 0.6) is 0 Å². The lowest BCUT2D eigenvalue weighted by atomic mass is 10.0. The van der Waals surface area contributed by atoms with Gasteiger partial charge >= 0.3 is 0 Å². The van der Waals surface area contributed by atoms with Gasteiger partial charge < -0.3 is 5.32 Å². The molecule has 1 fully saturated rings. The van der Waals surface area contributed by atoms with Crippen molar-refractivity contribution in [2.24, 2.45) is 0 Å². The largest absolute Gasteiger partial charge is 0.317 e. The van der Waals surface area contributed by atoms with Gasteiger partial charge in [0.05, 0.1) is 12.2 Å². The van der Waals surface area contributed by atoms with Crippen LogP contribution in [-0.4, -0.2) is 22.9 Å². The van der Waals surface area contributed by atoms with Gasteiger partial charge in [0.2, 0.25) is 0 Å².